The zero-order chi connectivity index (χ0) is 15.7. The number of rotatable bonds is 3. The number of aliphatic hydroxyl groups excluding tert-OH is 1. The van der Waals surface area contributed by atoms with Gasteiger partial charge in [0, 0.05) is 10.8 Å². The van der Waals surface area contributed by atoms with Crippen molar-refractivity contribution in [2.45, 2.75) is 24.2 Å². The highest BCUT2D eigenvalue weighted by Gasteiger charge is 2.28. The number of allylic oxidation sites excluding steroid dienone is 3. The number of hydrogen-bond donors (Lipinski definition) is 2. The fraction of sp³-hybridized carbons (Fsp3) is 0.235. The molecule has 0 radical (unpaired) electrons. The van der Waals surface area contributed by atoms with Gasteiger partial charge in [-0.1, -0.05) is 24.3 Å². The summed E-state index contributed by atoms with van der Waals surface area (Å²) in [5, 5.41) is 18.8. The first-order valence-electron chi connectivity index (χ1n) is 7.00. The van der Waals surface area contributed by atoms with E-state index in [-0.39, 0.29) is 23.2 Å². The number of carbonyl (C=O) groups is 1. The van der Waals surface area contributed by atoms with Crippen molar-refractivity contribution in [3.8, 4) is 5.75 Å². The van der Waals surface area contributed by atoms with Gasteiger partial charge < -0.3 is 10.2 Å². The first-order valence-corrected chi connectivity index (χ1v) is 7.88. The van der Waals surface area contributed by atoms with E-state index in [0.29, 0.717) is 16.9 Å². The summed E-state index contributed by atoms with van der Waals surface area (Å²) < 4.78 is 13.5. The molecule has 5 heteroatoms. The largest absolute Gasteiger partial charge is 0.508 e. The van der Waals surface area contributed by atoms with Crippen LogP contribution >= 0.6 is 11.8 Å². The summed E-state index contributed by atoms with van der Waals surface area (Å²) in [6.07, 6.45) is 4.90. The Morgan fingerprint density at radius 1 is 1.27 bits per heavy atom. The van der Waals surface area contributed by atoms with E-state index in [2.05, 4.69) is 0 Å². The van der Waals surface area contributed by atoms with Crippen LogP contribution in [0, 0.1) is 0 Å². The first kappa shape index (κ1) is 15.1. The maximum absolute atomic E-state index is 13.5. The quantitative estimate of drug-likeness (QED) is 0.837. The Kier molecular flexibility index (Phi) is 4.18. The number of thioether (sulfide) groups is 1. The molecule has 0 spiro atoms. The van der Waals surface area contributed by atoms with Crippen LogP contribution in [0.25, 0.3) is 0 Å². The summed E-state index contributed by atoms with van der Waals surface area (Å²) >= 11 is 1.40. The van der Waals surface area contributed by atoms with E-state index in [4.69, 9.17) is 0 Å². The van der Waals surface area contributed by atoms with Crippen molar-refractivity contribution in [3.63, 3.8) is 0 Å². The maximum Gasteiger partial charge on any atom is 0.199 e. The number of phenolic OH excluding ortho intramolecular Hbond substituents is 1. The van der Waals surface area contributed by atoms with Crippen LogP contribution in [0.5, 0.6) is 5.75 Å². The standard InChI is InChI=1S/C17H15FO3S/c18-13-9-10(4-5-14(13)20)15-6-7-16(22-15)17(21)11-2-1-3-12(19)8-11/h1-4,7-9,14-15,19-20H,5-6H2. The maximum atomic E-state index is 13.5. The summed E-state index contributed by atoms with van der Waals surface area (Å²) in [5.41, 5.74) is 1.25. The van der Waals surface area contributed by atoms with Crippen LogP contribution in [0.1, 0.15) is 23.2 Å². The smallest absolute Gasteiger partial charge is 0.199 e. The molecular weight excluding hydrogens is 303 g/mol. The minimum Gasteiger partial charge on any atom is -0.508 e. The van der Waals surface area contributed by atoms with Crippen molar-refractivity contribution in [2.75, 3.05) is 0 Å². The zero-order valence-corrected chi connectivity index (χ0v) is 12.5. The number of ketones is 1. The van der Waals surface area contributed by atoms with Gasteiger partial charge in [0.15, 0.2) is 5.78 Å². The Bertz CT molecular complexity index is 706. The molecule has 0 saturated heterocycles. The van der Waals surface area contributed by atoms with E-state index in [1.165, 1.54) is 30.0 Å². The van der Waals surface area contributed by atoms with Gasteiger partial charge in [-0.15, -0.1) is 11.8 Å². The van der Waals surface area contributed by atoms with Crippen molar-refractivity contribution in [1.82, 2.24) is 0 Å². The Balaban J connectivity index is 1.71. The molecule has 0 amide bonds. The molecule has 1 aromatic carbocycles. The second kappa shape index (κ2) is 6.10. The number of halogens is 1. The van der Waals surface area contributed by atoms with Crippen LogP contribution in [-0.2, 0) is 0 Å². The summed E-state index contributed by atoms with van der Waals surface area (Å²) in [6.45, 7) is 0. The molecule has 114 valence electrons. The number of benzene rings is 1. The predicted molar refractivity (Wildman–Crippen MR) is 84.4 cm³/mol. The third-order valence-corrected chi connectivity index (χ3v) is 5.05. The second-order valence-electron chi connectivity index (χ2n) is 5.27. The molecule has 2 unspecified atom stereocenters. The van der Waals surface area contributed by atoms with Gasteiger partial charge in [0.1, 0.15) is 17.7 Å². The molecule has 3 nitrogen and oxygen atoms in total. The van der Waals surface area contributed by atoms with Crippen LogP contribution in [0.4, 0.5) is 4.39 Å². The van der Waals surface area contributed by atoms with Gasteiger partial charge in [-0.2, -0.15) is 0 Å². The Morgan fingerprint density at radius 3 is 2.82 bits per heavy atom. The minimum atomic E-state index is -1.04. The van der Waals surface area contributed by atoms with Crippen molar-refractivity contribution < 1.29 is 19.4 Å². The molecule has 1 aliphatic heterocycles. The predicted octanol–water partition coefficient (Wildman–Crippen LogP) is 3.51. The lowest BCUT2D eigenvalue weighted by Gasteiger charge is -2.18. The average Bonchev–Trinajstić information content (AvgIpc) is 2.99. The van der Waals surface area contributed by atoms with Gasteiger partial charge in [0.2, 0.25) is 0 Å². The van der Waals surface area contributed by atoms with Crippen molar-refractivity contribution in [2.24, 2.45) is 0 Å². The van der Waals surface area contributed by atoms with Crippen molar-refractivity contribution in [3.05, 3.63) is 64.4 Å². The summed E-state index contributed by atoms with van der Waals surface area (Å²) in [5.74, 6) is -0.602. The van der Waals surface area contributed by atoms with Gasteiger partial charge in [-0.25, -0.2) is 4.39 Å². The topological polar surface area (TPSA) is 57.5 Å². The molecule has 0 bridgehead atoms. The average molecular weight is 318 g/mol. The number of hydrogen-bond acceptors (Lipinski definition) is 4. The van der Waals surface area contributed by atoms with Crippen LogP contribution in [0.3, 0.4) is 0 Å². The third-order valence-electron chi connectivity index (χ3n) is 3.69. The van der Waals surface area contributed by atoms with Crippen molar-refractivity contribution >= 4 is 17.5 Å². The van der Waals surface area contributed by atoms with E-state index in [1.807, 2.05) is 12.2 Å². The fourth-order valence-corrected chi connectivity index (χ4v) is 3.72. The fourth-order valence-electron chi connectivity index (χ4n) is 2.50. The van der Waals surface area contributed by atoms with Crippen LogP contribution in [0.2, 0.25) is 0 Å². The monoisotopic (exact) mass is 318 g/mol. The van der Waals surface area contributed by atoms with Gasteiger partial charge in [0.25, 0.3) is 0 Å². The molecule has 3 rings (SSSR count). The number of Topliss-reactive ketones (excluding diaryl/α,β-unsaturated/α-hetero) is 1. The molecule has 1 aliphatic carbocycles. The molecule has 0 saturated carbocycles. The van der Waals surface area contributed by atoms with E-state index >= 15 is 0 Å². The molecular formula is C17H15FO3S. The van der Waals surface area contributed by atoms with E-state index in [0.717, 1.165) is 5.57 Å². The molecule has 2 N–H and O–H groups in total. The molecule has 2 atom stereocenters. The summed E-state index contributed by atoms with van der Waals surface area (Å²) in [7, 11) is 0. The van der Waals surface area contributed by atoms with Crippen LogP contribution in [0.15, 0.2) is 58.8 Å². The summed E-state index contributed by atoms with van der Waals surface area (Å²) in [4.78, 5) is 13.0. The second-order valence-corrected chi connectivity index (χ2v) is 6.52. The van der Waals surface area contributed by atoms with E-state index in [1.54, 1.807) is 12.1 Å². The molecule has 1 aromatic rings. The molecule has 2 aliphatic rings. The lowest BCUT2D eigenvalue weighted by atomic mass is 9.99. The van der Waals surface area contributed by atoms with Crippen LogP contribution < -0.4 is 0 Å². The Labute approximate surface area is 131 Å². The molecule has 0 fully saturated rings. The number of aromatic hydroxyl groups is 1. The zero-order valence-electron chi connectivity index (χ0n) is 11.7. The number of phenols is 1. The molecule has 1 heterocycles. The highest BCUT2D eigenvalue weighted by Crippen LogP contribution is 2.40. The van der Waals surface area contributed by atoms with Gasteiger partial charge in [-0.05, 0) is 36.6 Å². The Hall–Kier alpha value is -1.85. The van der Waals surface area contributed by atoms with Crippen LogP contribution in [-0.4, -0.2) is 27.4 Å². The van der Waals surface area contributed by atoms with Gasteiger partial charge >= 0.3 is 0 Å². The lowest BCUT2D eigenvalue weighted by molar-refractivity contribution is 0.104. The lowest BCUT2D eigenvalue weighted by Crippen LogP contribution is -2.13. The SMILES string of the molecule is O=C(C1=CCC(C2=CCC(O)C(F)=C2)S1)c1cccc(O)c1. The molecule has 0 aromatic heterocycles. The Morgan fingerprint density at radius 2 is 2.09 bits per heavy atom. The molecule has 22 heavy (non-hydrogen) atoms. The summed E-state index contributed by atoms with van der Waals surface area (Å²) in [6, 6.07) is 6.24. The normalized spacial score (nSPS) is 24.5. The van der Waals surface area contributed by atoms with E-state index in [9.17, 15) is 19.4 Å². The number of carbonyl (C=O) groups excluding carboxylic acids is 1. The number of aliphatic hydroxyl groups is 1. The minimum absolute atomic E-state index is 0.00508. The van der Waals surface area contributed by atoms with Gasteiger partial charge in [0.05, 0.1) is 4.91 Å². The van der Waals surface area contributed by atoms with Gasteiger partial charge in [-0.3, -0.25) is 4.79 Å². The third kappa shape index (κ3) is 3.00. The highest BCUT2D eigenvalue weighted by atomic mass is 32.2. The van der Waals surface area contributed by atoms with Crippen molar-refractivity contribution in [1.29, 1.82) is 0 Å². The van der Waals surface area contributed by atoms with E-state index < -0.39 is 11.9 Å². The highest BCUT2D eigenvalue weighted by molar-refractivity contribution is 8.05. The first-order chi connectivity index (χ1) is 10.5.